The third kappa shape index (κ3) is 4.63. The minimum atomic E-state index is 1.75. The summed E-state index contributed by atoms with van der Waals surface area (Å²) in [6.07, 6.45) is 3.50. The van der Waals surface area contributed by atoms with Crippen LogP contribution in [0.1, 0.15) is 0 Å². The van der Waals surface area contributed by atoms with Crippen molar-refractivity contribution in [2.45, 2.75) is 0 Å². The molecule has 1 nitrogen and oxygen atoms in total. The van der Waals surface area contributed by atoms with Crippen molar-refractivity contribution in [3.05, 3.63) is 30.6 Å². The zero-order valence-electron chi connectivity index (χ0n) is 4.71. The van der Waals surface area contributed by atoms with Gasteiger partial charge in [-0.1, -0.05) is 6.07 Å². The molecule has 0 aliphatic rings. The SMILES string of the molecule is [Li][I].c1ccncc1. The first-order valence-electron chi connectivity index (χ1n) is 2.23. The average molecular weight is 213 g/mol. The summed E-state index contributed by atoms with van der Waals surface area (Å²) in [5.41, 5.74) is 0. The average Bonchev–Trinajstić information content (AvgIpc) is 1.96. The molecule has 0 atom stereocenters. The zero-order chi connectivity index (χ0) is 6.24. The normalized spacial score (nSPS) is 6.88. The number of halogens is 1. The minimum absolute atomic E-state index is 1.75. The third-order valence-corrected chi connectivity index (χ3v) is 0.566. The van der Waals surface area contributed by atoms with Gasteiger partial charge in [0.2, 0.25) is 0 Å². The molecule has 0 aromatic carbocycles. The fourth-order valence-corrected chi connectivity index (χ4v) is 0.313. The third-order valence-electron chi connectivity index (χ3n) is 0.566. The molecule has 38 valence electrons. The topological polar surface area (TPSA) is 12.9 Å². The van der Waals surface area contributed by atoms with Gasteiger partial charge in [-0.25, -0.2) is 0 Å². The molecule has 0 saturated heterocycles. The van der Waals surface area contributed by atoms with Crippen LogP contribution in [0.5, 0.6) is 0 Å². The summed E-state index contributed by atoms with van der Waals surface area (Å²) >= 11 is 4.12. The maximum absolute atomic E-state index is 3.78. The van der Waals surface area contributed by atoms with Gasteiger partial charge in [0.25, 0.3) is 0 Å². The van der Waals surface area contributed by atoms with E-state index in [4.69, 9.17) is 0 Å². The first-order chi connectivity index (χ1) is 4.00. The standard InChI is InChI=1S/C5H5N.HI.Li/c1-2-4-6-5-3-1;;/h1-5H;1H;/q;;+1/p-1. The first-order valence-corrected chi connectivity index (χ1v) is 4.39. The molecular formula is C5H5ILiN. The quantitative estimate of drug-likeness (QED) is 0.471. The number of hydrogen-bond acceptors (Lipinski definition) is 1. The molecule has 0 aliphatic heterocycles. The van der Waals surface area contributed by atoms with E-state index < -0.39 is 0 Å². The van der Waals surface area contributed by atoms with Crippen molar-refractivity contribution in [3.63, 3.8) is 0 Å². The van der Waals surface area contributed by atoms with Gasteiger partial charge in [-0.05, 0) is 12.1 Å². The van der Waals surface area contributed by atoms with Crippen LogP contribution in [0.25, 0.3) is 0 Å². The fraction of sp³-hybridized carbons (Fsp3) is 0. The Morgan fingerprint density at radius 2 is 1.50 bits per heavy atom. The second kappa shape index (κ2) is 7.48. The van der Waals surface area contributed by atoms with Crippen LogP contribution in [0.15, 0.2) is 30.6 Å². The predicted octanol–water partition coefficient (Wildman–Crippen LogP) is 1.59. The maximum atomic E-state index is 3.78. The van der Waals surface area contributed by atoms with E-state index in [1.807, 2.05) is 32.5 Å². The molecule has 0 saturated carbocycles. The van der Waals surface area contributed by atoms with Gasteiger partial charge in [0.15, 0.2) is 0 Å². The van der Waals surface area contributed by atoms with Gasteiger partial charge in [0.05, 0.1) is 0 Å². The molecular weight excluding hydrogens is 208 g/mol. The molecule has 0 fully saturated rings. The largest absolute Gasteiger partial charge is 0.265 e. The van der Waals surface area contributed by atoms with Gasteiger partial charge in [-0.2, -0.15) is 0 Å². The van der Waals surface area contributed by atoms with Crippen molar-refractivity contribution in [3.8, 4) is 0 Å². The monoisotopic (exact) mass is 213 g/mol. The van der Waals surface area contributed by atoms with Crippen LogP contribution in [-0.4, -0.2) is 19.3 Å². The van der Waals surface area contributed by atoms with Crippen LogP contribution in [0, 0.1) is 0 Å². The molecule has 0 spiro atoms. The minimum Gasteiger partial charge on any atom is -0.265 e. The summed E-state index contributed by atoms with van der Waals surface area (Å²) in [6.45, 7) is 0. The molecule has 0 unspecified atom stereocenters. The Balaban J connectivity index is 0.000000222. The van der Waals surface area contributed by atoms with Gasteiger partial charge in [-0.3, -0.25) is 4.98 Å². The van der Waals surface area contributed by atoms with Crippen LogP contribution >= 0.6 is 19.9 Å². The molecule has 1 rings (SSSR count). The van der Waals surface area contributed by atoms with E-state index in [0.29, 0.717) is 0 Å². The summed E-state index contributed by atoms with van der Waals surface area (Å²) in [5.74, 6) is 0. The van der Waals surface area contributed by atoms with E-state index in [1.165, 1.54) is 0 Å². The van der Waals surface area contributed by atoms with E-state index >= 15 is 0 Å². The molecule has 1 aromatic heterocycles. The van der Waals surface area contributed by atoms with Crippen LogP contribution in [0.2, 0.25) is 0 Å². The second-order valence-electron chi connectivity index (χ2n) is 1.02. The van der Waals surface area contributed by atoms with Gasteiger partial charge >= 0.3 is 34.2 Å². The van der Waals surface area contributed by atoms with Crippen molar-refractivity contribution >= 4 is 34.2 Å². The molecule has 0 amide bonds. The van der Waals surface area contributed by atoms with Crippen molar-refractivity contribution in [1.82, 2.24) is 4.98 Å². The second-order valence-corrected chi connectivity index (χ2v) is 1.02. The van der Waals surface area contributed by atoms with Crippen molar-refractivity contribution in [2.24, 2.45) is 0 Å². The van der Waals surface area contributed by atoms with Crippen molar-refractivity contribution in [1.29, 1.82) is 0 Å². The predicted molar refractivity (Wildman–Crippen MR) is 44.0 cm³/mol. The van der Waals surface area contributed by atoms with Gasteiger partial charge in [0.1, 0.15) is 0 Å². The summed E-state index contributed by atoms with van der Waals surface area (Å²) in [4.78, 5) is 3.78. The Bertz CT molecular complexity index is 84.4. The first kappa shape index (κ1) is 8.48. The molecule has 0 N–H and O–H groups in total. The Kier molecular flexibility index (Phi) is 7.92. The van der Waals surface area contributed by atoms with Crippen molar-refractivity contribution < 1.29 is 0 Å². The summed E-state index contributed by atoms with van der Waals surface area (Å²) in [5, 5.41) is 0. The summed E-state index contributed by atoms with van der Waals surface area (Å²) in [6, 6.07) is 5.72. The number of rotatable bonds is 0. The molecule has 0 aliphatic carbocycles. The summed E-state index contributed by atoms with van der Waals surface area (Å²) in [7, 11) is 0. The van der Waals surface area contributed by atoms with Gasteiger partial charge in [0, 0.05) is 12.4 Å². The number of hydrogen-bond donors (Lipinski definition) is 0. The van der Waals surface area contributed by atoms with Gasteiger partial charge in [-0.15, -0.1) is 0 Å². The number of aromatic nitrogens is 1. The Hall–Kier alpha value is 0.477. The smallest absolute Gasteiger partial charge is 0.0267 e. The van der Waals surface area contributed by atoms with Crippen LogP contribution in [-0.2, 0) is 0 Å². The van der Waals surface area contributed by atoms with Gasteiger partial charge < -0.3 is 0 Å². The zero-order valence-corrected chi connectivity index (χ0v) is 6.87. The molecule has 0 radical (unpaired) electrons. The molecule has 1 heterocycles. The van der Waals surface area contributed by atoms with E-state index in [-0.39, 0.29) is 0 Å². The van der Waals surface area contributed by atoms with Crippen LogP contribution < -0.4 is 0 Å². The Labute approximate surface area is 69.4 Å². The summed E-state index contributed by atoms with van der Waals surface area (Å²) < 4.78 is 0. The van der Waals surface area contributed by atoms with Crippen LogP contribution in [0.3, 0.4) is 0 Å². The van der Waals surface area contributed by atoms with E-state index in [1.54, 1.807) is 12.4 Å². The van der Waals surface area contributed by atoms with Crippen LogP contribution in [0.4, 0.5) is 0 Å². The van der Waals surface area contributed by atoms with Crippen molar-refractivity contribution in [2.75, 3.05) is 0 Å². The fourth-order valence-electron chi connectivity index (χ4n) is 0.313. The number of nitrogens with zero attached hydrogens (tertiary/aromatic N) is 1. The molecule has 8 heavy (non-hydrogen) atoms. The molecule has 3 heteroatoms. The molecule has 0 bridgehead atoms. The van der Waals surface area contributed by atoms with E-state index in [2.05, 4.69) is 24.9 Å². The maximum Gasteiger partial charge on any atom is 0.0267 e. The van der Waals surface area contributed by atoms with E-state index in [0.717, 1.165) is 0 Å². The Morgan fingerprint density at radius 3 is 1.62 bits per heavy atom. The molecule has 1 aromatic rings. The van der Waals surface area contributed by atoms with E-state index in [9.17, 15) is 0 Å². The Morgan fingerprint density at radius 1 is 1.00 bits per heavy atom. The number of pyridine rings is 1.